The number of esters is 1. The molecule has 32 heavy (non-hydrogen) atoms. The van der Waals surface area contributed by atoms with Crippen LogP contribution >= 0.6 is 11.8 Å². The van der Waals surface area contributed by atoms with Gasteiger partial charge >= 0.3 is 5.97 Å². The van der Waals surface area contributed by atoms with E-state index < -0.39 is 11.9 Å². The first-order chi connectivity index (χ1) is 15.5. The second-order valence-corrected chi connectivity index (χ2v) is 7.63. The molecule has 158 valence electrons. The van der Waals surface area contributed by atoms with Gasteiger partial charge in [-0.3, -0.25) is 10.2 Å². The zero-order valence-corrected chi connectivity index (χ0v) is 17.4. The lowest BCUT2D eigenvalue weighted by atomic mass is 10.1. The SMILES string of the molecule is COC(=O)c1ccc(-c2ccc(/C=C3/C(=N)N4N=C(c5ccco5)SC4=NC3=O)o2)cc1. The van der Waals surface area contributed by atoms with Gasteiger partial charge in [-0.15, -0.1) is 0 Å². The van der Waals surface area contributed by atoms with Crippen LogP contribution in [-0.2, 0) is 9.53 Å². The number of amides is 1. The maximum Gasteiger partial charge on any atom is 0.337 e. The smallest absolute Gasteiger partial charge is 0.337 e. The Kier molecular flexibility index (Phi) is 4.83. The summed E-state index contributed by atoms with van der Waals surface area (Å²) in [7, 11) is 1.32. The van der Waals surface area contributed by atoms with Gasteiger partial charge in [-0.25, -0.2) is 4.79 Å². The van der Waals surface area contributed by atoms with Gasteiger partial charge in [0.1, 0.15) is 11.5 Å². The Hall–Kier alpha value is -4.18. The van der Waals surface area contributed by atoms with Gasteiger partial charge < -0.3 is 13.6 Å². The summed E-state index contributed by atoms with van der Waals surface area (Å²) in [4.78, 5) is 28.2. The van der Waals surface area contributed by atoms with Gasteiger partial charge in [0.05, 0.1) is 24.5 Å². The quantitative estimate of drug-likeness (QED) is 0.475. The minimum atomic E-state index is -0.551. The molecule has 10 heteroatoms. The number of rotatable bonds is 4. The van der Waals surface area contributed by atoms with Crippen LogP contribution in [0.25, 0.3) is 17.4 Å². The second kappa shape index (κ2) is 7.82. The van der Waals surface area contributed by atoms with E-state index in [1.807, 2.05) is 0 Å². The number of methoxy groups -OCH3 is 1. The first-order valence-electron chi connectivity index (χ1n) is 9.36. The molecule has 3 aromatic rings. The van der Waals surface area contributed by atoms with Gasteiger partial charge in [0, 0.05) is 5.56 Å². The number of ether oxygens (including phenoxy) is 1. The Labute approximate surface area is 185 Å². The molecule has 0 saturated heterocycles. The van der Waals surface area contributed by atoms with Gasteiger partial charge in [-0.2, -0.15) is 15.1 Å². The molecular weight excluding hydrogens is 432 g/mol. The van der Waals surface area contributed by atoms with E-state index in [1.54, 1.807) is 48.5 Å². The minimum Gasteiger partial charge on any atom is -0.465 e. The summed E-state index contributed by atoms with van der Waals surface area (Å²) in [6.45, 7) is 0. The van der Waals surface area contributed by atoms with Gasteiger partial charge in [0.15, 0.2) is 16.6 Å². The van der Waals surface area contributed by atoms with Gasteiger partial charge in [0.2, 0.25) is 5.17 Å². The highest BCUT2D eigenvalue weighted by Crippen LogP contribution is 2.31. The lowest BCUT2D eigenvalue weighted by Crippen LogP contribution is -2.35. The third kappa shape index (κ3) is 3.46. The van der Waals surface area contributed by atoms with Crippen LogP contribution in [-0.4, -0.2) is 40.0 Å². The molecule has 1 aromatic carbocycles. The van der Waals surface area contributed by atoms with Crippen LogP contribution in [0.15, 0.2) is 79.3 Å². The Morgan fingerprint density at radius 2 is 1.97 bits per heavy atom. The number of aliphatic imine (C=N–C) groups is 1. The van der Waals surface area contributed by atoms with Crippen LogP contribution in [0.5, 0.6) is 0 Å². The summed E-state index contributed by atoms with van der Waals surface area (Å²) in [5.74, 6) is 0.382. The summed E-state index contributed by atoms with van der Waals surface area (Å²) < 4.78 is 15.9. The van der Waals surface area contributed by atoms with E-state index in [1.165, 1.54) is 24.5 Å². The van der Waals surface area contributed by atoms with Crippen LogP contribution in [0.2, 0.25) is 0 Å². The van der Waals surface area contributed by atoms with E-state index >= 15 is 0 Å². The molecule has 2 aliphatic rings. The number of nitrogens with zero attached hydrogens (tertiary/aromatic N) is 3. The van der Waals surface area contributed by atoms with Crippen LogP contribution in [0, 0.1) is 5.41 Å². The Bertz CT molecular complexity index is 1330. The fraction of sp³-hybridized carbons (Fsp3) is 0.0455. The highest BCUT2D eigenvalue weighted by Gasteiger charge is 2.36. The Morgan fingerprint density at radius 3 is 2.69 bits per heavy atom. The maximum absolute atomic E-state index is 12.6. The maximum atomic E-state index is 12.6. The molecule has 0 aliphatic carbocycles. The highest BCUT2D eigenvalue weighted by atomic mass is 32.2. The molecule has 9 nitrogen and oxygen atoms in total. The molecular formula is C22H14N4O5S. The fourth-order valence-electron chi connectivity index (χ4n) is 3.11. The molecule has 0 atom stereocenters. The molecule has 4 heterocycles. The summed E-state index contributed by atoms with van der Waals surface area (Å²) in [5.41, 5.74) is 1.23. The molecule has 0 bridgehead atoms. The van der Waals surface area contributed by atoms with Crippen LogP contribution < -0.4 is 0 Å². The van der Waals surface area contributed by atoms with Crippen molar-refractivity contribution in [2.24, 2.45) is 10.1 Å². The number of furan rings is 2. The number of hydrazone groups is 1. The first kappa shape index (κ1) is 19.8. The van der Waals surface area contributed by atoms with Crippen LogP contribution in [0.4, 0.5) is 0 Å². The van der Waals surface area contributed by atoms with E-state index in [4.69, 9.17) is 19.0 Å². The van der Waals surface area contributed by atoms with Crippen molar-refractivity contribution in [1.82, 2.24) is 5.01 Å². The normalized spacial score (nSPS) is 16.8. The number of amidine groups is 2. The van der Waals surface area contributed by atoms with Crippen molar-refractivity contribution in [2.45, 2.75) is 0 Å². The number of fused-ring (bicyclic) bond motifs is 1. The van der Waals surface area contributed by atoms with Crippen molar-refractivity contribution >= 4 is 45.8 Å². The van der Waals surface area contributed by atoms with E-state index in [-0.39, 0.29) is 11.4 Å². The Morgan fingerprint density at radius 1 is 1.16 bits per heavy atom. The molecule has 5 rings (SSSR count). The lowest BCUT2D eigenvalue weighted by Gasteiger charge is -2.19. The van der Waals surface area contributed by atoms with Crippen LogP contribution in [0.1, 0.15) is 21.9 Å². The summed E-state index contributed by atoms with van der Waals surface area (Å²) in [6, 6.07) is 13.6. The number of carbonyl (C=O) groups excluding carboxylic acids is 2. The lowest BCUT2D eigenvalue weighted by molar-refractivity contribution is -0.114. The predicted molar refractivity (Wildman–Crippen MR) is 118 cm³/mol. The number of hydrogen-bond acceptors (Lipinski definition) is 8. The minimum absolute atomic E-state index is 0.0562. The average molecular weight is 446 g/mol. The van der Waals surface area contributed by atoms with Gasteiger partial charge in [-0.05, 0) is 54.2 Å². The summed E-state index contributed by atoms with van der Waals surface area (Å²) >= 11 is 1.16. The second-order valence-electron chi connectivity index (χ2n) is 6.67. The van der Waals surface area contributed by atoms with Gasteiger partial charge in [-0.1, -0.05) is 12.1 Å². The van der Waals surface area contributed by atoms with E-state index in [0.717, 1.165) is 17.3 Å². The number of nitrogens with one attached hydrogen (secondary N) is 1. The molecule has 0 radical (unpaired) electrons. The third-order valence-corrected chi connectivity index (χ3v) is 5.61. The van der Waals surface area contributed by atoms with Crippen molar-refractivity contribution in [2.75, 3.05) is 7.11 Å². The molecule has 0 spiro atoms. The van der Waals surface area contributed by atoms with Crippen molar-refractivity contribution in [3.05, 3.63) is 77.5 Å². The topological polar surface area (TPSA) is 121 Å². The summed E-state index contributed by atoms with van der Waals surface area (Å²) in [6.07, 6.45) is 2.99. The van der Waals surface area contributed by atoms with Crippen LogP contribution in [0.3, 0.4) is 0 Å². The molecule has 0 saturated carbocycles. The third-order valence-electron chi connectivity index (χ3n) is 4.69. The average Bonchev–Trinajstić information content (AvgIpc) is 3.57. The molecule has 1 amide bonds. The molecule has 1 N–H and O–H groups in total. The van der Waals surface area contributed by atoms with Crippen molar-refractivity contribution in [3.63, 3.8) is 0 Å². The fourth-order valence-corrected chi connectivity index (χ4v) is 3.97. The summed E-state index contributed by atoms with van der Waals surface area (Å²) in [5, 5.41) is 14.9. The highest BCUT2D eigenvalue weighted by molar-refractivity contribution is 8.27. The molecule has 0 unspecified atom stereocenters. The zero-order chi connectivity index (χ0) is 22.2. The molecule has 2 aromatic heterocycles. The zero-order valence-electron chi connectivity index (χ0n) is 16.6. The molecule has 2 aliphatic heterocycles. The molecule has 0 fully saturated rings. The Balaban J connectivity index is 1.40. The first-order valence-corrected chi connectivity index (χ1v) is 10.2. The van der Waals surface area contributed by atoms with Gasteiger partial charge in [0.25, 0.3) is 5.91 Å². The number of thioether (sulfide) groups is 1. The number of carbonyl (C=O) groups is 2. The standard InChI is InChI=1S/C22H14N4O5S/c1-29-21(28)13-6-4-12(5-7-13)16-9-8-14(31-16)11-15-18(23)26-22(24-19(15)27)32-20(25-26)17-3-2-10-30-17/h2-11,23H,1H3/b15-11-,23-18?. The van der Waals surface area contributed by atoms with Crippen molar-refractivity contribution in [3.8, 4) is 11.3 Å². The van der Waals surface area contributed by atoms with Crippen molar-refractivity contribution < 1.29 is 23.2 Å². The predicted octanol–water partition coefficient (Wildman–Crippen LogP) is 3.99. The van der Waals surface area contributed by atoms with Crippen molar-refractivity contribution in [1.29, 1.82) is 5.41 Å². The number of hydrogen-bond donors (Lipinski definition) is 1. The largest absolute Gasteiger partial charge is 0.465 e. The van der Waals surface area contributed by atoms with E-state index in [0.29, 0.717) is 33.1 Å². The monoisotopic (exact) mass is 446 g/mol. The number of benzene rings is 1. The van der Waals surface area contributed by atoms with E-state index in [9.17, 15) is 9.59 Å². The van der Waals surface area contributed by atoms with E-state index in [2.05, 4.69) is 10.1 Å².